The lowest BCUT2D eigenvalue weighted by atomic mass is 9.54. The van der Waals surface area contributed by atoms with Gasteiger partial charge in [-0.05, 0) is 74.2 Å². The SMILES string of the molecule is COC1=CCC2=C(CCC3C2CC[C@@]2(C)C3CC[C@@H]2O)C1. The molecule has 0 aliphatic heterocycles. The first-order valence-corrected chi connectivity index (χ1v) is 8.75. The largest absolute Gasteiger partial charge is 0.501 e. The van der Waals surface area contributed by atoms with Crippen LogP contribution in [-0.2, 0) is 4.74 Å². The normalized spacial score (nSPS) is 45.6. The lowest BCUT2D eigenvalue weighted by Crippen LogP contribution is -2.45. The molecule has 116 valence electrons. The third-order valence-electron chi connectivity index (χ3n) is 7.27. The van der Waals surface area contributed by atoms with Gasteiger partial charge in [0.1, 0.15) is 0 Å². The molecule has 0 spiro atoms. The van der Waals surface area contributed by atoms with Crippen LogP contribution in [0.5, 0.6) is 0 Å². The van der Waals surface area contributed by atoms with E-state index in [4.69, 9.17) is 4.74 Å². The van der Waals surface area contributed by atoms with E-state index in [1.165, 1.54) is 37.9 Å². The van der Waals surface area contributed by atoms with E-state index in [1.54, 1.807) is 18.3 Å². The molecule has 2 nitrogen and oxygen atoms in total. The van der Waals surface area contributed by atoms with Crippen molar-refractivity contribution in [1.29, 1.82) is 0 Å². The minimum atomic E-state index is -0.0508. The second-order valence-corrected chi connectivity index (χ2v) is 7.94. The van der Waals surface area contributed by atoms with Gasteiger partial charge in [-0.3, -0.25) is 0 Å². The second kappa shape index (κ2) is 4.87. The zero-order valence-electron chi connectivity index (χ0n) is 13.4. The summed E-state index contributed by atoms with van der Waals surface area (Å²) in [5.74, 6) is 3.56. The van der Waals surface area contributed by atoms with Crippen LogP contribution < -0.4 is 0 Å². The molecule has 4 aliphatic carbocycles. The predicted molar refractivity (Wildman–Crippen MR) is 83.6 cm³/mol. The monoisotopic (exact) mass is 288 g/mol. The van der Waals surface area contributed by atoms with Crippen LogP contribution in [0.15, 0.2) is 23.0 Å². The van der Waals surface area contributed by atoms with Gasteiger partial charge in [0.15, 0.2) is 0 Å². The van der Waals surface area contributed by atoms with Crippen molar-refractivity contribution in [2.45, 2.75) is 64.4 Å². The first-order valence-electron chi connectivity index (χ1n) is 8.75. The van der Waals surface area contributed by atoms with Crippen molar-refractivity contribution in [2.75, 3.05) is 7.11 Å². The Morgan fingerprint density at radius 3 is 2.90 bits per heavy atom. The Balaban J connectivity index is 1.61. The molecule has 0 amide bonds. The minimum Gasteiger partial charge on any atom is -0.501 e. The maximum absolute atomic E-state index is 10.4. The first kappa shape index (κ1) is 13.9. The molecule has 5 atom stereocenters. The van der Waals surface area contributed by atoms with E-state index in [2.05, 4.69) is 13.0 Å². The lowest BCUT2D eigenvalue weighted by Gasteiger charge is -2.51. The predicted octanol–water partition coefficient (Wildman–Crippen LogP) is 4.20. The number of hydrogen-bond donors (Lipinski definition) is 1. The van der Waals surface area contributed by atoms with Crippen molar-refractivity contribution in [3.8, 4) is 0 Å². The summed E-state index contributed by atoms with van der Waals surface area (Å²) in [5.41, 5.74) is 3.63. The lowest BCUT2D eigenvalue weighted by molar-refractivity contribution is -0.0312. The average molecular weight is 288 g/mol. The number of hydrogen-bond acceptors (Lipinski definition) is 2. The molecule has 4 aliphatic rings. The van der Waals surface area contributed by atoms with Crippen LogP contribution in [0.2, 0.25) is 0 Å². The maximum Gasteiger partial charge on any atom is 0.0959 e. The Morgan fingerprint density at radius 2 is 2.10 bits per heavy atom. The van der Waals surface area contributed by atoms with Gasteiger partial charge in [-0.25, -0.2) is 0 Å². The van der Waals surface area contributed by atoms with Crippen LogP contribution >= 0.6 is 0 Å². The van der Waals surface area contributed by atoms with Gasteiger partial charge in [-0.2, -0.15) is 0 Å². The van der Waals surface area contributed by atoms with Gasteiger partial charge in [0.05, 0.1) is 19.0 Å². The van der Waals surface area contributed by atoms with E-state index in [1.807, 2.05) is 0 Å². The highest BCUT2D eigenvalue weighted by Crippen LogP contribution is 2.61. The molecule has 2 fully saturated rings. The summed E-state index contributed by atoms with van der Waals surface area (Å²) in [5, 5.41) is 10.4. The van der Waals surface area contributed by atoms with Crippen LogP contribution in [0.1, 0.15) is 58.3 Å². The summed E-state index contributed by atoms with van der Waals surface area (Å²) in [6, 6.07) is 0. The Bertz CT molecular complexity index is 504. The zero-order valence-corrected chi connectivity index (χ0v) is 13.4. The summed E-state index contributed by atoms with van der Waals surface area (Å²) < 4.78 is 5.47. The van der Waals surface area contributed by atoms with Crippen molar-refractivity contribution in [2.24, 2.45) is 23.2 Å². The molecule has 0 radical (unpaired) electrons. The van der Waals surface area contributed by atoms with Gasteiger partial charge in [0, 0.05) is 6.42 Å². The van der Waals surface area contributed by atoms with Crippen LogP contribution in [-0.4, -0.2) is 18.3 Å². The number of fused-ring (bicyclic) bond motifs is 4. The highest BCUT2D eigenvalue weighted by atomic mass is 16.5. The molecule has 3 unspecified atom stereocenters. The summed E-state index contributed by atoms with van der Waals surface area (Å²) in [6.07, 6.45) is 11.8. The number of methoxy groups -OCH3 is 1. The van der Waals surface area contributed by atoms with E-state index < -0.39 is 0 Å². The average Bonchev–Trinajstić information content (AvgIpc) is 2.82. The van der Waals surface area contributed by atoms with Gasteiger partial charge >= 0.3 is 0 Å². The molecular formula is C19H28O2. The number of aliphatic hydroxyl groups excluding tert-OH is 1. The maximum atomic E-state index is 10.4. The Labute approximate surface area is 128 Å². The molecule has 0 aromatic carbocycles. The number of ether oxygens (including phenoxy) is 1. The molecule has 2 heteroatoms. The standard InChI is InChI=1S/C19H28O2/c1-19-10-9-15-14-6-4-13(21-2)11-12(14)3-5-16(15)17(19)7-8-18(19)20/h4,15-18,20H,3,5-11H2,1-2H3/t15?,16?,17?,18-,19-/m0/s1. The molecule has 0 saturated heterocycles. The Kier molecular flexibility index (Phi) is 3.22. The van der Waals surface area contributed by atoms with E-state index in [-0.39, 0.29) is 11.5 Å². The van der Waals surface area contributed by atoms with Crippen molar-refractivity contribution in [1.82, 2.24) is 0 Å². The molecule has 21 heavy (non-hydrogen) atoms. The molecule has 0 aromatic rings. The van der Waals surface area contributed by atoms with Gasteiger partial charge in [-0.15, -0.1) is 0 Å². The topological polar surface area (TPSA) is 29.5 Å². The Morgan fingerprint density at radius 1 is 1.24 bits per heavy atom. The van der Waals surface area contributed by atoms with Gasteiger partial charge < -0.3 is 9.84 Å². The molecule has 0 bridgehead atoms. The fourth-order valence-corrected chi connectivity index (χ4v) is 6.02. The van der Waals surface area contributed by atoms with Crippen LogP contribution in [0.25, 0.3) is 0 Å². The second-order valence-electron chi connectivity index (χ2n) is 7.94. The molecule has 0 heterocycles. The van der Waals surface area contributed by atoms with E-state index in [9.17, 15) is 5.11 Å². The smallest absolute Gasteiger partial charge is 0.0959 e. The summed E-state index contributed by atoms with van der Waals surface area (Å²) >= 11 is 0. The summed E-state index contributed by atoms with van der Waals surface area (Å²) in [4.78, 5) is 0. The summed E-state index contributed by atoms with van der Waals surface area (Å²) in [6.45, 7) is 2.36. The van der Waals surface area contributed by atoms with Crippen molar-refractivity contribution >= 4 is 0 Å². The third kappa shape index (κ3) is 1.94. The number of allylic oxidation sites excluding steroid dienone is 3. The van der Waals surface area contributed by atoms with E-state index >= 15 is 0 Å². The van der Waals surface area contributed by atoms with Gasteiger partial charge in [-0.1, -0.05) is 18.1 Å². The van der Waals surface area contributed by atoms with E-state index in [0.717, 1.165) is 37.0 Å². The zero-order chi connectivity index (χ0) is 14.6. The van der Waals surface area contributed by atoms with Crippen LogP contribution in [0.3, 0.4) is 0 Å². The molecular weight excluding hydrogens is 260 g/mol. The number of aliphatic hydroxyl groups is 1. The fraction of sp³-hybridized carbons (Fsp3) is 0.789. The van der Waals surface area contributed by atoms with Crippen LogP contribution in [0.4, 0.5) is 0 Å². The highest BCUT2D eigenvalue weighted by Gasteiger charge is 2.54. The quantitative estimate of drug-likeness (QED) is 0.733. The fourth-order valence-electron chi connectivity index (χ4n) is 6.02. The van der Waals surface area contributed by atoms with Crippen molar-refractivity contribution in [3.05, 3.63) is 23.0 Å². The number of rotatable bonds is 1. The van der Waals surface area contributed by atoms with Crippen molar-refractivity contribution in [3.63, 3.8) is 0 Å². The Hall–Kier alpha value is -0.760. The molecule has 4 rings (SSSR count). The molecule has 0 aromatic heterocycles. The summed E-state index contributed by atoms with van der Waals surface area (Å²) in [7, 11) is 1.80. The minimum absolute atomic E-state index is 0.0508. The highest BCUT2D eigenvalue weighted by molar-refractivity contribution is 5.32. The third-order valence-corrected chi connectivity index (χ3v) is 7.27. The van der Waals surface area contributed by atoms with E-state index in [0.29, 0.717) is 0 Å². The first-order chi connectivity index (χ1) is 10.1. The molecule has 1 N–H and O–H groups in total. The van der Waals surface area contributed by atoms with Crippen LogP contribution in [0, 0.1) is 23.2 Å². The molecule has 2 saturated carbocycles. The van der Waals surface area contributed by atoms with Crippen molar-refractivity contribution < 1.29 is 9.84 Å². The van der Waals surface area contributed by atoms with Gasteiger partial charge in [0.25, 0.3) is 0 Å². The van der Waals surface area contributed by atoms with Gasteiger partial charge in [0.2, 0.25) is 0 Å².